The summed E-state index contributed by atoms with van der Waals surface area (Å²) in [6.07, 6.45) is 3.11. The van der Waals surface area contributed by atoms with Crippen LogP contribution in [-0.2, 0) is 0 Å². The molecular weight excluding hydrogens is 224 g/mol. The Hall–Kier alpha value is -1.24. The van der Waals surface area contributed by atoms with E-state index in [4.69, 9.17) is 27.3 Å². The quantitative estimate of drug-likeness (QED) is 0.858. The lowest BCUT2D eigenvalue weighted by molar-refractivity contribution is 0.192. The van der Waals surface area contributed by atoms with Crippen molar-refractivity contribution in [2.75, 3.05) is 0 Å². The molecule has 2 rings (SSSR count). The third-order valence-corrected chi connectivity index (χ3v) is 3.14. The van der Waals surface area contributed by atoms with E-state index in [0.717, 1.165) is 19.3 Å². The van der Waals surface area contributed by atoms with Crippen LogP contribution >= 0.6 is 11.6 Å². The predicted octanol–water partition coefficient (Wildman–Crippen LogP) is 2.47. The summed E-state index contributed by atoms with van der Waals surface area (Å²) in [6, 6.07) is 7.15. The monoisotopic (exact) mass is 236 g/mol. The molecule has 1 saturated carbocycles. The van der Waals surface area contributed by atoms with E-state index in [2.05, 4.69) is 0 Å². The summed E-state index contributed by atoms with van der Waals surface area (Å²) in [4.78, 5) is 0. The molecule has 3 nitrogen and oxygen atoms in total. The Labute approximate surface area is 99.8 Å². The van der Waals surface area contributed by atoms with Crippen LogP contribution < -0.4 is 10.5 Å². The van der Waals surface area contributed by atoms with E-state index in [1.165, 1.54) is 0 Å². The van der Waals surface area contributed by atoms with E-state index in [0.29, 0.717) is 16.3 Å². The number of halogens is 1. The lowest BCUT2D eigenvalue weighted by Crippen LogP contribution is -2.33. The molecule has 0 aliphatic heterocycles. The van der Waals surface area contributed by atoms with Gasteiger partial charge in [-0.2, -0.15) is 5.26 Å². The van der Waals surface area contributed by atoms with Gasteiger partial charge < -0.3 is 10.5 Å². The number of nitriles is 1. The molecule has 2 unspecified atom stereocenters. The Bertz CT molecular complexity index is 428. The number of nitrogens with two attached hydrogens (primary N) is 1. The molecule has 16 heavy (non-hydrogen) atoms. The Morgan fingerprint density at radius 1 is 1.44 bits per heavy atom. The molecule has 1 aromatic carbocycles. The molecule has 1 aliphatic carbocycles. The lowest BCUT2D eigenvalue weighted by Gasteiger charge is -2.18. The van der Waals surface area contributed by atoms with Gasteiger partial charge in [-0.05, 0) is 37.5 Å². The predicted molar refractivity (Wildman–Crippen MR) is 62.4 cm³/mol. The van der Waals surface area contributed by atoms with Crippen molar-refractivity contribution in [2.24, 2.45) is 5.73 Å². The van der Waals surface area contributed by atoms with Gasteiger partial charge in [0, 0.05) is 6.04 Å². The molecule has 1 fully saturated rings. The molecular formula is C12H13ClN2O. The molecule has 0 amide bonds. The summed E-state index contributed by atoms with van der Waals surface area (Å²) in [5.41, 5.74) is 6.45. The largest absolute Gasteiger partial charge is 0.487 e. The number of hydrogen-bond donors (Lipinski definition) is 1. The number of nitrogens with zero attached hydrogens (tertiary/aromatic N) is 1. The summed E-state index contributed by atoms with van der Waals surface area (Å²) in [5.74, 6) is 0.614. The second-order valence-electron chi connectivity index (χ2n) is 4.01. The maximum atomic E-state index is 8.71. The van der Waals surface area contributed by atoms with Gasteiger partial charge >= 0.3 is 0 Å². The van der Waals surface area contributed by atoms with Gasteiger partial charge in [0.15, 0.2) is 0 Å². The zero-order chi connectivity index (χ0) is 11.5. The molecule has 0 spiro atoms. The van der Waals surface area contributed by atoms with Gasteiger partial charge in [0.05, 0.1) is 16.7 Å². The van der Waals surface area contributed by atoms with Crippen molar-refractivity contribution in [1.29, 1.82) is 5.26 Å². The first-order chi connectivity index (χ1) is 7.70. The summed E-state index contributed by atoms with van der Waals surface area (Å²) < 4.78 is 5.75. The van der Waals surface area contributed by atoms with E-state index in [1.807, 2.05) is 6.07 Å². The molecule has 2 N–H and O–H groups in total. The fourth-order valence-corrected chi connectivity index (χ4v) is 2.16. The maximum absolute atomic E-state index is 8.71. The number of benzene rings is 1. The average Bonchev–Trinajstić information content (AvgIpc) is 2.67. The summed E-state index contributed by atoms with van der Waals surface area (Å²) in [6.45, 7) is 0. The summed E-state index contributed by atoms with van der Waals surface area (Å²) >= 11 is 6.02. The third-order valence-electron chi connectivity index (χ3n) is 2.84. The van der Waals surface area contributed by atoms with Gasteiger partial charge in [0.2, 0.25) is 0 Å². The van der Waals surface area contributed by atoms with Crippen molar-refractivity contribution >= 4 is 11.6 Å². The lowest BCUT2D eigenvalue weighted by atomic mass is 10.2. The van der Waals surface area contributed by atoms with Crippen LogP contribution in [0.4, 0.5) is 0 Å². The normalized spacial score (nSPS) is 24.1. The van der Waals surface area contributed by atoms with Crippen LogP contribution in [0.1, 0.15) is 24.8 Å². The first kappa shape index (κ1) is 11.3. The van der Waals surface area contributed by atoms with Crippen molar-refractivity contribution in [3.05, 3.63) is 28.8 Å². The van der Waals surface area contributed by atoms with E-state index in [-0.39, 0.29) is 12.1 Å². The number of rotatable bonds is 2. The number of ether oxygens (including phenoxy) is 1. The smallest absolute Gasteiger partial charge is 0.138 e. The topological polar surface area (TPSA) is 59.0 Å². The maximum Gasteiger partial charge on any atom is 0.138 e. The molecule has 0 heterocycles. The van der Waals surface area contributed by atoms with Crippen molar-refractivity contribution in [3.8, 4) is 11.8 Å². The molecule has 1 aliphatic rings. The van der Waals surface area contributed by atoms with Crippen LogP contribution in [0.5, 0.6) is 5.75 Å². The highest BCUT2D eigenvalue weighted by Gasteiger charge is 2.26. The van der Waals surface area contributed by atoms with Crippen molar-refractivity contribution in [3.63, 3.8) is 0 Å². The average molecular weight is 237 g/mol. The Kier molecular flexibility index (Phi) is 3.33. The Morgan fingerprint density at radius 3 is 2.81 bits per heavy atom. The van der Waals surface area contributed by atoms with Crippen LogP contribution in [0.25, 0.3) is 0 Å². The Balaban J connectivity index is 2.13. The summed E-state index contributed by atoms with van der Waals surface area (Å²) in [7, 11) is 0. The first-order valence-corrected chi connectivity index (χ1v) is 5.70. The van der Waals surface area contributed by atoms with Gasteiger partial charge in [-0.25, -0.2) is 0 Å². The summed E-state index contributed by atoms with van der Waals surface area (Å²) in [5, 5.41) is 9.18. The zero-order valence-electron chi connectivity index (χ0n) is 8.82. The third kappa shape index (κ3) is 2.29. The molecule has 84 valence electrons. The zero-order valence-corrected chi connectivity index (χ0v) is 9.57. The van der Waals surface area contributed by atoms with Gasteiger partial charge in [0.25, 0.3) is 0 Å². The molecule has 0 aromatic heterocycles. The molecule has 4 heteroatoms. The van der Waals surface area contributed by atoms with E-state index >= 15 is 0 Å². The second kappa shape index (κ2) is 4.73. The van der Waals surface area contributed by atoms with Gasteiger partial charge in [-0.15, -0.1) is 0 Å². The highest BCUT2D eigenvalue weighted by Crippen LogP contribution is 2.29. The van der Waals surface area contributed by atoms with Crippen LogP contribution in [0.3, 0.4) is 0 Å². The van der Waals surface area contributed by atoms with E-state index in [1.54, 1.807) is 18.2 Å². The minimum absolute atomic E-state index is 0.0467. The van der Waals surface area contributed by atoms with Crippen LogP contribution in [0, 0.1) is 11.3 Å². The standard InChI is InChI=1S/C12H13ClN2O/c13-9-6-8(7-14)4-5-11(9)16-12-3-1-2-10(12)15/h4-6,10,12H,1-3,15H2. The van der Waals surface area contributed by atoms with Crippen LogP contribution in [0.15, 0.2) is 18.2 Å². The minimum atomic E-state index is 0.0467. The first-order valence-electron chi connectivity index (χ1n) is 5.32. The van der Waals surface area contributed by atoms with Crippen LogP contribution in [-0.4, -0.2) is 12.1 Å². The molecule has 0 radical (unpaired) electrons. The fraction of sp³-hybridized carbons (Fsp3) is 0.417. The van der Waals surface area contributed by atoms with Crippen molar-refractivity contribution < 1.29 is 4.74 Å². The number of hydrogen-bond acceptors (Lipinski definition) is 3. The highest BCUT2D eigenvalue weighted by molar-refractivity contribution is 6.32. The van der Waals surface area contributed by atoms with Gasteiger partial charge in [-0.1, -0.05) is 11.6 Å². The van der Waals surface area contributed by atoms with Crippen molar-refractivity contribution in [2.45, 2.75) is 31.4 Å². The van der Waals surface area contributed by atoms with Crippen molar-refractivity contribution in [1.82, 2.24) is 0 Å². The van der Waals surface area contributed by atoms with Gasteiger partial charge in [-0.3, -0.25) is 0 Å². The molecule has 0 saturated heterocycles. The molecule has 0 bridgehead atoms. The van der Waals surface area contributed by atoms with E-state index in [9.17, 15) is 0 Å². The SMILES string of the molecule is N#Cc1ccc(OC2CCCC2N)c(Cl)c1. The fourth-order valence-electron chi connectivity index (χ4n) is 1.93. The molecule has 2 atom stereocenters. The van der Waals surface area contributed by atoms with E-state index < -0.39 is 0 Å². The molecule has 1 aromatic rings. The highest BCUT2D eigenvalue weighted by atomic mass is 35.5. The van der Waals surface area contributed by atoms with Gasteiger partial charge in [0.1, 0.15) is 11.9 Å². The Morgan fingerprint density at radius 2 is 2.25 bits per heavy atom. The minimum Gasteiger partial charge on any atom is -0.487 e. The second-order valence-corrected chi connectivity index (χ2v) is 4.42. The van der Waals surface area contributed by atoms with Crippen LogP contribution in [0.2, 0.25) is 5.02 Å².